The van der Waals surface area contributed by atoms with Crippen molar-refractivity contribution in [1.29, 1.82) is 0 Å². The van der Waals surface area contributed by atoms with Gasteiger partial charge in [-0.1, -0.05) is 45.4 Å². The van der Waals surface area contributed by atoms with Gasteiger partial charge >= 0.3 is 0 Å². The summed E-state index contributed by atoms with van der Waals surface area (Å²) >= 11 is 0. The van der Waals surface area contributed by atoms with Crippen LogP contribution in [0, 0.1) is 0 Å². The number of amides is 1. The molecule has 0 spiro atoms. The zero-order valence-corrected chi connectivity index (χ0v) is 11.5. The monoisotopic (exact) mass is 242 g/mol. The Morgan fingerprint density at radius 1 is 0.882 bits per heavy atom. The van der Waals surface area contributed by atoms with Crippen LogP contribution in [0.1, 0.15) is 71.1 Å². The van der Waals surface area contributed by atoms with Crippen LogP contribution in [0.25, 0.3) is 0 Å². The zero-order valence-electron chi connectivity index (χ0n) is 11.5. The fourth-order valence-electron chi connectivity index (χ4n) is 1.88. The SMILES string of the molecule is CCCCCNCCCCCCCCC(N)=O. The van der Waals surface area contributed by atoms with Gasteiger partial charge in [0.05, 0.1) is 0 Å². The van der Waals surface area contributed by atoms with E-state index in [4.69, 9.17) is 5.73 Å². The number of carbonyl (C=O) groups is 1. The maximum atomic E-state index is 10.5. The van der Waals surface area contributed by atoms with Crippen LogP contribution < -0.4 is 11.1 Å². The minimum Gasteiger partial charge on any atom is -0.370 e. The van der Waals surface area contributed by atoms with E-state index in [9.17, 15) is 4.79 Å². The number of nitrogens with two attached hydrogens (primary N) is 1. The zero-order chi connectivity index (χ0) is 12.8. The Bertz CT molecular complexity index is 172. The molecule has 3 nitrogen and oxygen atoms in total. The summed E-state index contributed by atoms with van der Waals surface area (Å²) < 4.78 is 0. The van der Waals surface area contributed by atoms with Crippen molar-refractivity contribution in [3.63, 3.8) is 0 Å². The van der Waals surface area contributed by atoms with Crippen molar-refractivity contribution in [2.24, 2.45) is 5.73 Å². The molecule has 0 aromatic heterocycles. The number of rotatable bonds is 13. The molecule has 1 amide bonds. The standard InChI is InChI=1S/C14H30N2O/c1-2-3-9-12-16-13-10-7-5-4-6-8-11-14(15)17/h16H,2-13H2,1H3,(H2,15,17). The van der Waals surface area contributed by atoms with Crippen molar-refractivity contribution in [2.75, 3.05) is 13.1 Å². The van der Waals surface area contributed by atoms with Crippen molar-refractivity contribution >= 4 is 5.91 Å². The molecule has 102 valence electrons. The lowest BCUT2D eigenvalue weighted by molar-refractivity contribution is -0.118. The number of hydrogen-bond donors (Lipinski definition) is 2. The predicted octanol–water partition coefficient (Wildman–Crippen LogP) is 2.98. The molecule has 3 heteroatoms. The molecule has 0 saturated heterocycles. The largest absolute Gasteiger partial charge is 0.370 e. The first-order chi connectivity index (χ1) is 8.27. The van der Waals surface area contributed by atoms with E-state index in [1.165, 1.54) is 51.5 Å². The van der Waals surface area contributed by atoms with E-state index in [1.54, 1.807) is 0 Å². The first-order valence-corrected chi connectivity index (χ1v) is 7.26. The van der Waals surface area contributed by atoms with Crippen LogP contribution in [-0.4, -0.2) is 19.0 Å². The normalized spacial score (nSPS) is 10.6. The van der Waals surface area contributed by atoms with Gasteiger partial charge in [-0.25, -0.2) is 0 Å². The van der Waals surface area contributed by atoms with Crippen molar-refractivity contribution in [3.8, 4) is 0 Å². The van der Waals surface area contributed by atoms with Crippen LogP contribution in [0.3, 0.4) is 0 Å². The molecule has 0 saturated carbocycles. The Kier molecular flexibility index (Phi) is 13.0. The van der Waals surface area contributed by atoms with Crippen LogP contribution in [-0.2, 0) is 4.79 Å². The molecule has 0 rings (SSSR count). The van der Waals surface area contributed by atoms with Gasteiger partial charge in [0.25, 0.3) is 0 Å². The summed E-state index contributed by atoms with van der Waals surface area (Å²) in [6.07, 6.45) is 11.7. The van der Waals surface area contributed by atoms with Gasteiger partial charge in [-0.15, -0.1) is 0 Å². The molecule has 0 aliphatic carbocycles. The fourth-order valence-corrected chi connectivity index (χ4v) is 1.88. The number of primary amides is 1. The summed E-state index contributed by atoms with van der Waals surface area (Å²) in [6, 6.07) is 0. The van der Waals surface area contributed by atoms with E-state index < -0.39 is 0 Å². The van der Waals surface area contributed by atoms with Crippen molar-refractivity contribution in [2.45, 2.75) is 71.1 Å². The van der Waals surface area contributed by atoms with E-state index in [0.717, 1.165) is 19.4 Å². The van der Waals surface area contributed by atoms with Gasteiger partial charge in [0.1, 0.15) is 0 Å². The second-order valence-electron chi connectivity index (χ2n) is 4.79. The lowest BCUT2D eigenvalue weighted by Crippen LogP contribution is -2.16. The smallest absolute Gasteiger partial charge is 0.217 e. The van der Waals surface area contributed by atoms with Crippen molar-refractivity contribution in [3.05, 3.63) is 0 Å². The Balaban J connectivity index is 2.91. The average Bonchev–Trinajstić information content (AvgIpc) is 2.30. The van der Waals surface area contributed by atoms with E-state index in [2.05, 4.69) is 12.2 Å². The van der Waals surface area contributed by atoms with Gasteiger partial charge in [0, 0.05) is 6.42 Å². The van der Waals surface area contributed by atoms with Crippen LogP contribution in [0.15, 0.2) is 0 Å². The second kappa shape index (κ2) is 13.5. The summed E-state index contributed by atoms with van der Waals surface area (Å²) in [5.41, 5.74) is 5.08. The summed E-state index contributed by atoms with van der Waals surface area (Å²) in [4.78, 5) is 10.5. The number of nitrogens with one attached hydrogen (secondary N) is 1. The number of carbonyl (C=O) groups excluding carboxylic acids is 1. The topological polar surface area (TPSA) is 55.1 Å². The minimum atomic E-state index is -0.165. The highest BCUT2D eigenvalue weighted by molar-refractivity contribution is 5.73. The van der Waals surface area contributed by atoms with E-state index >= 15 is 0 Å². The molecule has 0 aromatic carbocycles. The molecule has 3 N–H and O–H groups in total. The lowest BCUT2D eigenvalue weighted by Gasteiger charge is -2.04. The Morgan fingerprint density at radius 2 is 1.41 bits per heavy atom. The Hall–Kier alpha value is -0.570. The summed E-state index contributed by atoms with van der Waals surface area (Å²) in [5, 5.41) is 3.48. The summed E-state index contributed by atoms with van der Waals surface area (Å²) in [6.45, 7) is 4.57. The second-order valence-corrected chi connectivity index (χ2v) is 4.79. The maximum absolute atomic E-state index is 10.5. The van der Waals surface area contributed by atoms with Gasteiger partial charge in [-0.3, -0.25) is 4.79 Å². The van der Waals surface area contributed by atoms with Gasteiger partial charge in [0.15, 0.2) is 0 Å². The average molecular weight is 242 g/mol. The van der Waals surface area contributed by atoms with Gasteiger partial charge in [0.2, 0.25) is 5.91 Å². The molecule has 17 heavy (non-hydrogen) atoms. The summed E-state index contributed by atoms with van der Waals surface area (Å²) in [5.74, 6) is -0.165. The maximum Gasteiger partial charge on any atom is 0.217 e. The van der Waals surface area contributed by atoms with Crippen molar-refractivity contribution in [1.82, 2.24) is 5.32 Å². The molecule has 0 aliphatic rings. The minimum absolute atomic E-state index is 0.165. The molecule has 0 heterocycles. The molecular weight excluding hydrogens is 212 g/mol. The van der Waals surface area contributed by atoms with Crippen LogP contribution >= 0.6 is 0 Å². The molecule has 0 fully saturated rings. The molecule has 0 aromatic rings. The first-order valence-electron chi connectivity index (χ1n) is 7.26. The number of hydrogen-bond acceptors (Lipinski definition) is 2. The Labute approximate surface area is 107 Å². The summed E-state index contributed by atoms with van der Waals surface area (Å²) in [7, 11) is 0. The number of unbranched alkanes of at least 4 members (excludes halogenated alkanes) is 7. The fraction of sp³-hybridized carbons (Fsp3) is 0.929. The molecule has 0 unspecified atom stereocenters. The van der Waals surface area contributed by atoms with Crippen LogP contribution in [0.4, 0.5) is 0 Å². The van der Waals surface area contributed by atoms with Gasteiger partial charge in [-0.05, 0) is 32.4 Å². The highest BCUT2D eigenvalue weighted by Crippen LogP contribution is 2.06. The highest BCUT2D eigenvalue weighted by Gasteiger charge is 1.95. The van der Waals surface area contributed by atoms with Gasteiger partial charge in [-0.2, -0.15) is 0 Å². The predicted molar refractivity (Wildman–Crippen MR) is 73.9 cm³/mol. The van der Waals surface area contributed by atoms with Crippen LogP contribution in [0.2, 0.25) is 0 Å². The van der Waals surface area contributed by atoms with E-state index in [1.807, 2.05) is 0 Å². The highest BCUT2D eigenvalue weighted by atomic mass is 16.1. The van der Waals surface area contributed by atoms with E-state index in [-0.39, 0.29) is 5.91 Å². The van der Waals surface area contributed by atoms with Gasteiger partial charge < -0.3 is 11.1 Å². The third-order valence-electron chi connectivity index (χ3n) is 2.98. The molecule has 0 aliphatic heterocycles. The molecule has 0 atom stereocenters. The quantitative estimate of drug-likeness (QED) is 0.488. The third-order valence-corrected chi connectivity index (χ3v) is 2.98. The van der Waals surface area contributed by atoms with Crippen molar-refractivity contribution < 1.29 is 4.79 Å². The third kappa shape index (κ3) is 15.4. The Morgan fingerprint density at radius 3 is 2.00 bits per heavy atom. The van der Waals surface area contributed by atoms with E-state index in [0.29, 0.717) is 6.42 Å². The first kappa shape index (κ1) is 16.4. The lowest BCUT2D eigenvalue weighted by atomic mass is 10.1. The molecule has 0 bridgehead atoms. The molecule has 0 radical (unpaired) electrons. The molecular formula is C14H30N2O. The van der Waals surface area contributed by atoms with Crippen LogP contribution in [0.5, 0.6) is 0 Å².